The first-order valence-corrected chi connectivity index (χ1v) is 5.82. The number of aromatic nitrogens is 2. The van der Waals surface area contributed by atoms with E-state index in [-0.39, 0.29) is 10.6 Å². The lowest BCUT2D eigenvalue weighted by Gasteiger charge is -2.10. The van der Waals surface area contributed by atoms with Gasteiger partial charge in [-0.2, -0.15) is 0 Å². The third kappa shape index (κ3) is 3.04. The molecule has 19 heavy (non-hydrogen) atoms. The number of nitrogens with one attached hydrogen (secondary N) is 1. The molecule has 98 valence electrons. The van der Waals surface area contributed by atoms with Gasteiger partial charge in [0, 0.05) is 23.5 Å². The number of hydrogen-bond donors (Lipinski definition) is 1. The van der Waals surface area contributed by atoms with E-state index in [1.165, 1.54) is 6.33 Å². The molecule has 0 saturated heterocycles. The van der Waals surface area contributed by atoms with Gasteiger partial charge in [-0.05, 0) is 31.5 Å². The van der Waals surface area contributed by atoms with Crippen LogP contribution in [-0.2, 0) is 6.54 Å². The minimum Gasteiger partial charge on any atom is -0.379 e. The van der Waals surface area contributed by atoms with E-state index in [1.807, 2.05) is 6.92 Å². The van der Waals surface area contributed by atoms with Crippen LogP contribution in [0.25, 0.3) is 0 Å². The predicted molar refractivity (Wildman–Crippen MR) is 71.9 cm³/mol. The number of nitrogens with zero attached hydrogens (tertiary/aromatic N) is 3. The molecule has 0 aliphatic carbocycles. The second kappa shape index (κ2) is 5.43. The summed E-state index contributed by atoms with van der Waals surface area (Å²) in [6.45, 7) is 4.15. The van der Waals surface area contributed by atoms with Crippen LogP contribution in [-0.4, -0.2) is 14.9 Å². The van der Waals surface area contributed by atoms with E-state index < -0.39 is 0 Å². The maximum absolute atomic E-state index is 10.9. The summed E-state index contributed by atoms with van der Waals surface area (Å²) in [7, 11) is 0. The van der Waals surface area contributed by atoms with Gasteiger partial charge in [0.15, 0.2) is 0 Å². The van der Waals surface area contributed by atoms with Crippen molar-refractivity contribution in [3.05, 3.63) is 57.7 Å². The maximum atomic E-state index is 10.9. The van der Waals surface area contributed by atoms with Crippen molar-refractivity contribution in [3.63, 3.8) is 0 Å². The Kier molecular flexibility index (Phi) is 3.70. The molecule has 2 rings (SSSR count). The quantitative estimate of drug-likeness (QED) is 0.673. The molecule has 0 aliphatic heterocycles. The van der Waals surface area contributed by atoms with E-state index >= 15 is 0 Å². The molecule has 0 atom stereocenters. The lowest BCUT2D eigenvalue weighted by molar-refractivity contribution is -0.385. The standard InChI is InChI=1S/C13H14N4O2/c1-9-5-10(2)13(17(18)19)6-12(9)15-7-11-3-4-14-8-16-11/h3-6,8,15H,7H2,1-2H3. The molecule has 1 N–H and O–H groups in total. The van der Waals surface area contributed by atoms with Crippen LogP contribution < -0.4 is 5.32 Å². The Balaban J connectivity index is 2.21. The summed E-state index contributed by atoms with van der Waals surface area (Å²) in [5.74, 6) is 0. The molecule has 6 heteroatoms. The number of nitro benzene ring substituents is 1. The van der Waals surface area contributed by atoms with Gasteiger partial charge in [-0.1, -0.05) is 0 Å². The molecule has 0 radical (unpaired) electrons. The van der Waals surface area contributed by atoms with E-state index in [4.69, 9.17) is 0 Å². The van der Waals surface area contributed by atoms with E-state index in [0.29, 0.717) is 12.1 Å². The third-order valence-corrected chi connectivity index (χ3v) is 2.84. The van der Waals surface area contributed by atoms with Gasteiger partial charge in [0.2, 0.25) is 0 Å². The monoisotopic (exact) mass is 258 g/mol. The number of aryl methyl sites for hydroxylation is 2. The zero-order chi connectivity index (χ0) is 13.8. The lowest BCUT2D eigenvalue weighted by Crippen LogP contribution is -2.04. The van der Waals surface area contributed by atoms with Gasteiger partial charge in [0.25, 0.3) is 5.69 Å². The Bertz CT molecular complexity index is 599. The number of anilines is 1. The average Bonchev–Trinajstić information content (AvgIpc) is 2.38. The van der Waals surface area contributed by atoms with Crippen molar-refractivity contribution in [2.75, 3.05) is 5.32 Å². The highest BCUT2D eigenvalue weighted by Crippen LogP contribution is 2.26. The van der Waals surface area contributed by atoms with Crippen molar-refractivity contribution in [3.8, 4) is 0 Å². The van der Waals surface area contributed by atoms with Gasteiger partial charge in [-0.25, -0.2) is 9.97 Å². The van der Waals surface area contributed by atoms with E-state index in [1.54, 1.807) is 31.3 Å². The fraction of sp³-hybridized carbons (Fsp3) is 0.231. The molecule has 1 heterocycles. The molecular weight excluding hydrogens is 244 g/mol. The minimum atomic E-state index is -0.370. The van der Waals surface area contributed by atoms with Crippen molar-refractivity contribution in [1.82, 2.24) is 9.97 Å². The number of rotatable bonds is 4. The summed E-state index contributed by atoms with van der Waals surface area (Å²) in [4.78, 5) is 18.5. The molecule has 0 unspecified atom stereocenters. The van der Waals surface area contributed by atoms with Crippen LogP contribution in [0, 0.1) is 24.0 Å². The molecule has 0 amide bonds. The van der Waals surface area contributed by atoms with Gasteiger partial charge in [0.05, 0.1) is 17.2 Å². The topological polar surface area (TPSA) is 81.0 Å². The first-order valence-electron chi connectivity index (χ1n) is 5.82. The van der Waals surface area contributed by atoms with Crippen molar-refractivity contribution in [1.29, 1.82) is 0 Å². The molecule has 2 aromatic rings. The van der Waals surface area contributed by atoms with Crippen LogP contribution in [0.1, 0.15) is 16.8 Å². The fourth-order valence-corrected chi connectivity index (χ4v) is 1.84. The molecule has 0 saturated carbocycles. The molecule has 1 aromatic carbocycles. The zero-order valence-corrected chi connectivity index (χ0v) is 10.8. The smallest absolute Gasteiger partial charge is 0.274 e. The summed E-state index contributed by atoms with van der Waals surface area (Å²) in [6.07, 6.45) is 3.13. The van der Waals surface area contributed by atoms with Crippen LogP contribution >= 0.6 is 0 Å². The van der Waals surface area contributed by atoms with Crippen LogP contribution in [0.15, 0.2) is 30.7 Å². The van der Waals surface area contributed by atoms with Crippen LogP contribution in [0.4, 0.5) is 11.4 Å². The molecule has 6 nitrogen and oxygen atoms in total. The highest BCUT2D eigenvalue weighted by Gasteiger charge is 2.13. The molecule has 0 spiro atoms. The second-order valence-electron chi connectivity index (χ2n) is 4.26. The lowest BCUT2D eigenvalue weighted by atomic mass is 10.1. The summed E-state index contributed by atoms with van der Waals surface area (Å²) in [5, 5.41) is 14.1. The van der Waals surface area contributed by atoms with E-state index in [0.717, 1.165) is 16.9 Å². The summed E-state index contributed by atoms with van der Waals surface area (Å²) >= 11 is 0. The van der Waals surface area contributed by atoms with Crippen molar-refractivity contribution in [2.24, 2.45) is 0 Å². The SMILES string of the molecule is Cc1cc(C)c([N+](=O)[O-])cc1NCc1ccncn1. The zero-order valence-electron chi connectivity index (χ0n) is 10.8. The number of hydrogen-bond acceptors (Lipinski definition) is 5. The molecule has 1 aromatic heterocycles. The van der Waals surface area contributed by atoms with Gasteiger partial charge in [-0.15, -0.1) is 0 Å². The van der Waals surface area contributed by atoms with Crippen molar-refractivity contribution < 1.29 is 4.92 Å². The Labute approximate surface area is 110 Å². The summed E-state index contributed by atoms with van der Waals surface area (Å²) < 4.78 is 0. The number of benzene rings is 1. The Morgan fingerprint density at radius 2 is 2.11 bits per heavy atom. The molecular formula is C13H14N4O2. The van der Waals surface area contributed by atoms with Crippen LogP contribution in [0.5, 0.6) is 0 Å². The second-order valence-corrected chi connectivity index (χ2v) is 4.26. The third-order valence-electron chi connectivity index (χ3n) is 2.84. The van der Waals surface area contributed by atoms with Crippen molar-refractivity contribution in [2.45, 2.75) is 20.4 Å². The first kappa shape index (κ1) is 12.9. The first-order chi connectivity index (χ1) is 9.08. The largest absolute Gasteiger partial charge is 0.379 e. The minimum absolute atomic E-state index is 0.121. The van der Waals surface area contributed by atoms with E-state index in [9.17, 15) is 10.1 Å². The van der Waals surface area contributed by atoms with Gasteiger partial charge in [0.1, 0.15) is 6.33 Å². The fourth-order valence-electron chi connectivity index (χ4n) is 1.84. The molecule has 0 bridgehead atoms. The van der Waals surface area contributed by atoms with Gasteiger partial charge >= 0.3 is 0 Å². The maximum Gasteiger partial charge on any atom is 0.274 e. The Morgan fingerprint density at radius 1 is 1.32 bits per heavy atom. The van der Waals surface area contributed by atoms with Crippen molar-refractivity contribution >= 4 is 11.4 Å². The average molecular weight is 258 g/mol. The van der Waals surface area contributed by atoms with E-state index in [2.05, 4.69) is 15.3 Å². The Morgan fingerprint density at radius 3 is 2.74 bits per heavy atom. The van der Waals surface area contributed by atoms with Gasteiger partial charge in [-0.3, -0.25) is 10.1 Å². The highest BCUT2D eigenvalue weighted by atomic mass is 16.6. The Hall–Kier alpha value is -2.50. The highest BCUT2D eigenvalue weighted by molar-refractivity contribution is 5.60. The molecule has 0 aliphatic rings. The normalized spacial score (nSPS) is 10.2. The summed E-state index contributed by atoms with van der Waals surface area (Å²) in [5.41, 5.74) is 3.33. The molecule has 0 fully saturated rings. The van der Waals surface area contributed by atoms with Crippen LogP contribution in [0.2, 0.25) is 0 Å². The summed E-state index contributed by atoms with van der Waals surface area (Å²) in [6, 6.07) is 5.16. The number of nitro groups is 1. The van der Waals surface area contributed by atoms with Gasteiger partial charge < -0.3 is 5.32 Å². The van der Waals surface area contributed by atoms with Crippen LogP contribution in [0.3, 0.4) is 0 Å². The predicted octanol–water partition coefficient (Wildman–Crippen LogP) is 2.61.